The molecule has 5 heterocycles. The van der Waals surface area contributed by atoms with E-state index >= 15 is 4.39 Å². The van der Waals surface area contributed by atoms with Gasteiger partial charge in [0.1, 0.15) is 40.8 Å². The van der Waals surface area contributed by atoms with Gasteiger partial charge in [0.25, 0.3) is 0 Å². The van der Waals surface area contributed by atoms with Gasteiger partial charge in [0.15, 0.2) is 5.82 Å². The van der Waals surface area contributed by atoms with Crippen molar-refractivity contribution in [2.45, 2.75) is 62.0 Å². The first-order valence-corrected chi connectivity index (χ1v) is 15.3. The third kappa shape index (κ3) is 5.09. The number of fused-ring (bicyclic) bond motifs is 1. The summed E-state index contributed by atoms with van der Waals surface area (Å²) in [7, 11) is 1.75. The van der Waals surface area contributed by atoms with Crippen molar-refractivity contribution in [3.63, 3.8) is 0 Å². The third-order valence-electron chi connectivity index (χ3n) is 9.75. The Hall–Kier alpha value is -3.23. The van der Waals surface area contributed by atoms with Gasteiger partial charge in [0.05, 0.1) is 16.1 Å². The molecule has 2 aromatic heterocycles. The molecule has 3 aromatic rings. The van der Waals surface area contributed by atoms with Gasteiger partial charge in [0, 0.05) is 50.8 Å². The maximum Gasteiger partial charge on any atom is 0.418 e. The van der Waals surface area contributed by atoms with Crippen LogP contribution >= 0.6 is 11.6 Å². The van der Waals surface area contributed by atoms with E-state index in [1.807, 2.05) is 0 Å². The van der Waals surface area contributed by atoms with Crippen LogP contribution in [0.5, 0.6) is 11.9 Å². The summed E-state index contributed by atoms with van der Waals surface area (Å²) in [5.41, 5.74) is 1.44. The molecule has 2 atom stereocenters. The van der Waals surface area contributed by atoms with E-state index in [4.69, 9.17) is 26.8 Å². The molecule has 7 rings (SSSR count). The summed E-state index contributed by atoms with van der Waals surface area (Å²) < 4.78 is 86.4. The number of benzene rings is 1. The highest BCUT2D eigenvalue weighted by Crippen LogP contribution is 2.50. The Bertz CT molecular complexity index is 1670. The zero-order chi connectivity index (χ0) is 31.9. The van der Waals surface area contributed by atoms with Crippen molar-refractivity contribution < 1.29 is 36.5 Å². The van der Waals surface area contributed by atoms with Crippen molar-refractivity contribution in [3.05, 3.63) is 28.5 Å². The highest BCUT2D eigenvalue weighted by molar-refractivity contribution is 6.32. The normalized spacial score (nSPS) is 28.1. The van der Waals surface area contributed by atoms with Gasteiger partial charge >= 0.3 is 12.2 Å². The summed E-state index contributed by atoms with van der Waals surface area (Å²) in [4.78, 5) is 17.1. The molecule has 0 radical (unpaired) electrons. The van der Waals surface area contributed by atoms with Gasteiger partial charge in [-0.25, -0.2) is 13.8 Å². The Morgan fingerprint density at radius 1 is 1.16 bits per heavy atom. The van der Waals surface area contributed by atoms with E-state index in [0.717, 1.165) is 31.5 Å². The molecule has 45 heavy (non-hydrogen) atoms. The number of nitrogens with two attached hydrogens (primary N) is 1. The second-order valence-electron chi connectivity index (χ2n) is 12.8. The standard InChI is InChI=1S/C30H32ClF5N6O3/c1-41-6-4-29(9-15(10-29)13-43)45-26-20-24(22(33)23(38-26)18-7-17(37)8-19(31)21(18)30(34,35)36)39-27(40-25(20)41)44-14-28-3-2-5-42(28)12-16(32)11-28/h7-8,15-16,43H,2-6,9-14,37H2,1H3/t15?,16-,28+,29?/m1/s1. The molecule has 1 aromatic carbocycles. The number of aliphatic hydroxyl groups excluding tert-OH is 1. The van der Waals surface area contributed by atoms with Crippen LogP contribution in [-0.4, -0.2) is 82.2 Å². The fraction of sp³-hybridized carbons (Fsp3) is 0.567. The second kappa shape index (κ2) is 10.7. The molecular formula is C30H32ClF5N6O3. The Morgan fingerprint density at radius 3 is 2.67 bits per heavy atom. The van der Waals surface area contributed by atoms with Gasteiger partial charge in [-0.1, -0.05) is 11.6 Å². The number of anilines is 2. The third-order valence-corrected chi connectivity index (χ3v) is 10.0. The van der Waals surface area contributed by atoms with Crippen molar-refractivity contribution in [2.75, 3.05) is 50.5 Å². The molecule has 3 aliphatic heterocycles. The molecule has 2 saturated heterocycles. The number of pyridine rings is 1. The molecule has 0 amide bonds. The highest BCUT2D eigenvalue weighted by Gasteiger charge is 2.50. The Morgan fingerprint density at radius 2 is 1.93 bits per heavy atom. The number of halogens is 6. The number of aromatic nitrogens is 3. The van der Waals surface area contributed by atoms with E-state index in [9.17, 15) is 22.7 Å². The lowest BCUT2D eigenvalue weighted by Gasteiger charge is -2.48. The Balaban J connectivity index is 1.41. The van der Waals surface area contributed by atoms with Gasteiger partial charge in [0.2, 0.25) is 5.88 Å². The predicted octanol–water partition coefficient (Wildman–Crippen LogP) is 5.40. The SMILES string of the molecule is CN1CCC2(CC(CO)C2)Oc2nc(-c3cc(N)cc(Cl)c3C(F)(F)F)c(F)c3nc(OC[C@@]45CCCN4C[C@H](F)C5)nc1c23. The van der Waals surface area contributed by atoms with Crippen LogP contribution in [0.4, 0.5) is 33.5 Å². The molecular weight excluding hydrogens is 623 g/mol. The van der Waals surface area contributed by atoms with E-state index in [2.05, 4.69) is 19.9 Å². The molecule has 15 heteroatoms. The lowest BCUT2D eigenvalue weighted by atomic mass is 9.69. The van der Waals surface area contributed by atoms with Crippen LogP contribution in [-0.2, 0) is 6.18 Å². The fourth-order valence-corrected chi connectivity index (χ4v) is 7.92. The summed E-state index contributed by atoms with van der Waals surface area (Å²) in [5, 5.41) is 9.05. The molecule has 1 aliphatic carbocycles. The molecule has 0 bridgehead atoms. The number of nitrogen functional groups attached to an aromatic ring is 1. The lowest BCUT2D eigenvalue weighted by Crippen LogP contribution is -2.52. The minimum Gasteiger partial charge on any atom is -0.470 e. The van der Waals surface area contributed by atoms with Crippen molar-refractivity contribution in [1.29, 1.82) is 0 Å². The molecule has 1 spiro atoms. The van der Waals surface area contributed by atoms with Crippen LogP contribution < -0.4 is 20.1 Å². The largest absolute Gasteiger partial charge is 0.470 e. The van der Waals surface area contributed by atoms with Crippen molar-refractivity contribution in [1.82, 2.24) is 19.9 Å². The van der Waals surface area contributed by atoms with Crippen molar-refractivity contribution in [2.24, 2.45) is 5.92 Å². The summed E-state index contributed by atoms with van der Waals surface area (Å²) in [5.74, 6) is -1.09. The average molecular weight is 655 g/mol. The van der Waals surface area contributed by atoms with Crippen LogP contribution in [0.25, 0.3) is 22.2 Å². The van der Waals surface area contributed by atoms with Crippen LogP contribution in [0.3, 0.4) is 0 Å². The number of aliphatic hydroxyl groups is 1. The van der Waals surface area contributed by atoms with Crippen LogP contribution in [0.15, 0.2) is 12.1 Å². The maximum atomic E-state index is 16.6. The quantitative estimate of drug-likeness (QED) is 0.276. The van der Waals surface area contributed by atoms with Gasteiger partial charge in [-0.05, 0) is 50.3 Å². The van der Waals surface area contributed by atoms with Gasteiger partial charge in [-0.15, -0.1) is 0 Å². The van der Waals surface area contributed by atoms with Crippen LogP contribution in [0, 0.1) is 11.7 Å². The highest BCUT2D eigenvalue weighted by atomic mass is 35.5. The number of nitrogens with zero attached hydrogens (tertiary/aromatic N) is 5. The summed E-state index contributed by atoms with van der Waals surface area (Å²) in [6, 6.07) is 1.71. The molecule has 1 saturated carbocycles. The van der Waals surface area contributed by atoms with Gasteiger partial charge < -0.3 is 25.2 Å². The molecule has 3 fully saturated rings. The smallest absolute Gasteiger partial charge is 0.418 e. The minimum absolute atomic E-state index is 0.0183. The van der Waals surface area contributed by atoms with Crippen LogP contribution in [0.1, 0.15) is 44.1 Å². The number of alkyl halides is 4. The molecule has 9 nitrogen and oxygen atoms in total. The summed E-state index contributed by atoms with van der Waals surface area (Å²) >= 11 is 6.02. The zero-order valence-corrected chi connectivity index (χ0v) is 25.2. The van der Waals surface area contributed by atoms with Crippen molar-refractivity contribution in [3.8, 4) is 23.1 Å². The first-order valence-electron chi connectivity index (χ1n) is 14.9. The van der Waals surface area contributed by atoms with Gasteiger partial charge in [-0.3, -0.25) is 4.90 Å². The second-order valence-corrected chi connectivity index (χ2v) is 13.2. The summed E-state index contributed by atoms with van der Waals surface area (Å²) in [6.45, 7) is 1.52. The van der Waals surface area contributed by atoms with Crippen molar-refractivity contribution >= 4 is 34.0 Å². The molecule has 3 N–H and O–H groups in total. The number of hydrogen-bond donors (Lipinski definition) is 2. The molecule has 4 aliphatic rings. The van der Waals surface area contributed by atoms with E-state index in [0.29, 0.717) is 38.8 Å². The minimum atomic E-state index is -4.97. The van der Waals surface area contributed by atoms with Crippen LogP contribution in [0.2, 0.25) is 5.02 Å². The molecule has 242 valence electrons. The number of rotatable bonds is 5. The maximum absolute atomic E-state index is 16.6. The van der Waals surface area contributed by atoms with E-state index in [1.165, 1.54) is 0 Å². The van der Waals surface area contributed by atoms with E-state index in [1.54, 1.807) is 11.9 Å². The first-order chi connectivity index (χ1) is 21.3. The van der Waals surface area contributed by atoms with E-state index in [-0.39, 0.29) is 53.4 Å². The summed E-state index contributed by atoms with van der Waals surface area (Å²) in [6.07, 6.45) is -2.60. The average Bonchev–Trinajstić information content (AvgIpc) is 3.47. The topological polar surface area (TPSA) is 110 Å². The Kier molecular flexibility index (Phi) is 7.21. The lowest BCUT2D eigenvalue weighted by molar-refractivity contribution is -0.137. The van der Waals surface area contributed by atoms with E-state index < -0.39 is 51.1 Å². The zero-order valence-electron chi connectivity index (χ0n) is 24.4. The number of ether oxygens (including phenoxy) is 2. The Labute approximate surface area is 260 Å². The first kappa shape index (κ1) is 30.4. The van der Waals surface area contributed by atoms with Gasteiger partial charge in [-0.2, -0.15) is 23.1 Å². The molecule has 0 unspecified atom stereocenters. The number of hydrogen-bond acceptors (Lipinski definition) is 9. The monoisotopic (exact) mass is 654 g/mol. The fourth-order valence-electron chi connectivity index (χ4n) is 7.59. The predicted molar refractivity (Wildman–Crippen MR) is 157 cm³/mol.